The molecular formula is C15H15N3O3. The van der Waals surface area contributed by atoms with E-state index >= 15 is 0 Å². The molecule has 0 saturated carbocycles. The largest absolute Gasteiger partial charge is 0.495 e. The lowest BCUT2D eigenvalue weighted by molar-refractivity contribution is -0.114. The van der Waals surface area contributed by atoms with Crippen molar-refractivity contribution < 1.29 is 13.9 Å². The van der Waals surface area contributed by atoms with Gasteiger partial charge in [-0.2, -0.15) is 5.26 Å². The normalized spacial score (nSPS) is 9.76. The second-order valence-corrected chi connectivity index (χ2v) is 4.33. The lowest BCUT2D eigenvalue weighted by atomic mass is 10.2. The molecule has 0 saturated heterocycles. The summed E-state index contributed by atoms with van der Waals surface area (Å²) < 4.78 is 10.6. The van der Waals surface area contributed by atoms with Crippen molar-refractivity contribution in [2.75, 3.05) is 17.7 Å². The van der Waals surface area contributed by atoms with Crippen molar-refractivity contribution >= 4 is 17.3 Å². The zero-order valence-electron chi connectivity index (χ0n) is 11.8. The highest BCUT2D eigenvalue weighted by atomic mass is 16.5. The zero-order chi connectivity index (χ0) is 15.2. The zero-order valence-corrected chi connectivity index (χ0v) is 11.8. The molecule has 0 fully saturated rings. The van der Waals surface area contributed by atoms with Crippen LogP contribution in [0.2, 0.25) is 0 Å². The number of anilines is 2. The van der Waals surface area contributed by atoms with Crippen molar-refractivity contribution in [3.63, 3.8) is 0 Å². The molecule has 2 rings (SSSR count). The molecule has 0 aliphatic rings. The van der Waals surface area contributed by atoms with E-state index in [4.69, 9.17) is 14.4 Å². The Morgan fingerprint density at radius 3 is 2.81 bits per heavy atom. The SMILES string of the molecule is COc1ccc(NC(C)=O)cc1NCc1ccc(C#N)o1. The van der Waals surface area contributed by atoms with Crippen LogP contribution >= 0.6 is 0 Å². The van der Waals surface area contributed by atoms with Gasteiger partial charge in [-0.25, -0.2) is 0 Å². The number of ether oxygens (including phenoxy) is 1. The van der Waals surface area contributed by atoms with Gasteiger partial charge in [-0.15, -0.1) is 0 Å². The smallest absolute Gasteiger partial charge is 0.221 e. The van der Waals surface area contributed by atoms with E-state index in [1.807, 2.05) is 6.07 Å². The molecule has 0 aliphatic carbocycles. The fourth-order valence-electron chi connectivity index (χ4n) is 1.84. The van der Waals surface area contributed by atoms with E-state index < -0.39 is 0 Å². The molecule has 0 atom stereocenters. The van der Waals surface area contributed by atoms with Crippen molar-refractivity contribution in [1.82, 2.24) is 0 Å². The number of hydrogen-bond donors (Lipinski definition) is 2. The number of hydrogen-bond acceptors (Lipinski definition) is 5. The van der Waals surface area contributed by atoms with E-state index in [2.05, 4.69) is 10.6 Å². The Balaban J connectivity index is 2.13. The Morgan fingerprint density at radius 2 is 2.19 bits per heavy atom. The standard InChI is InChI=1S/C15H15N3O3/c1-10(19)18-11-3-6-15(20-2)14(7-11)17-9-13-5-4-12(8-16)21-13/h3-7,17H,9H2,1-2H3,(H,18,19). The van der Waals surface area contributed by atoms with Crippen molar-refractivity contribution in [1.29, 1.82) is 5.26 Å². The Kier molecular flexibility index (Phi) is 4.46. The van der Waals surface area contributed by atoms with Gasteiger partial charge in [-0.3, -0.25) is 4.79 Å². The maximum Gasteiger partial charge on any atom is 0.221 e. The predicted octanol–water partition coefficient (Wildman–Crippen LogP) is 2.73. The number of amides is 1. The number of carbonyl (C=O) groups excluding carboxylic acids is 1. The first kappa shape index (κ1) is 14.5. The molecule has 1 amide bonds. The first-order valence-electron chi connectivity index (χ1n) is 6.30. The van der Waals surface area contributed by atoms with Gasteiger partial charge >= 0.3 is 0 Å². The molecule has 1 aromatic heterocycles. The van der Waals surface area contributed by atoms with Gasteiger partial charge in [0.1, 0.15) is 17.6 Å². The highest BCUT2D eigenvalue weighted by molar-refractivity contribution is 5.89. The summed E-state index contributed by atoms with van der Waals surface area (Å²) >= 11 is 0. The highest BCUT2D eigenvalue weighted by Gasteiger charge is 2.07. The van der Waals surface area contributed by atoms with Crippen molar-refractivity contribution in [2.24, 2.45) is 0 Å². The van der Waals surface area contributed by atoms with Crippen LogP contribution in [-0.2, 0) is 11.3 Å². The van der Waals surface area contributed by atoms with Crippen LogP contribution in [-0.4, -0.2) is 13.0 Å². The minimum absolute atomic E-state index is 0.143. The molecule has 1 heterocycles. The summed E-state index contributed by atoms with van der Waals surface area (Å²) in [7, 11) is 1.57. The molecule has 0 radical (unpaired) electrons. The van der Waals surface area contributed by atoms with Gasteiger partial charge in [0.2, 0.25) is 11.7 Å². The Bertz CT molecular complexity index is 686. The third-order valence-electron chi connectivity index (χ3n) is 2.74. The second kappa shape index (κ2) is 6.48. The number of carbonyl (C=O) groups is 1. The molecule has 2 N–H and O–H groups in total. The quantitative estimate of drug-likeness (QED) is 0.882. The van der Waals surface area contributed by atoms with Gasteiger partial charge in [0.05, 0.1) is 19.3 Å². The van der Waals surface area contributed by atoms with Gasteiger partial charge in [0.25, 0.3) is 0 Å². The van der Waals surface area contributed by atoms with Crippen molar-refractivity contribution in [3.8, 4) is 11.8 Å². The summed E-state index contributed by atoms with van der Waals surface area (Å²) in [4.78, 5) is 11.1. The lowest BCUT2D eigenvalue weighted by Gasteiger charge is -2.12. The molecule has 0 aliphatic heterocycles. The van der Waals surface area contributed by atoms with E-state index in [0.29, 0.717) is 23.7 Å². The molecule has 0 spiro atoms. The first-order valence-corrected chi connectivity index (χ1v) is 6.30. The van der Waals surface area contributed by atoms with Crippen LogP contribution in [0, 0.1) is 11.3 Å². The van der Waals surface area contributed by atoms with Gasteiger partial charge in [0, 0.05) is 12.6 Å². The molecule has 2 aromatic rings. The first-order chi connectivity index (χ1) is 10.1. The molecule has 21 heavy (non-hydrogen) atoms. The third-order valence-corrected chi connectivity index (χ3v) is 2.74. The van der Waals surface area contributed by atoms with Crippen LogP contribution in [0.25, 0.3) is 0 Å². The van der Waals surface area contributed by atoms with Crippen molar-refractivity contribution in [3.05, 3.63) is 41.9 Å². The van der Waals surface area contributed by atoms with E-state index in [-0.39, 0.29) is 11.7 Å². The molecular weight excluding hydrogens is 270 g/mol. The predicted molar refractivity (Wildman–Crippen MR) is 78.0 cm³/mol. The lowest BCUT2D eigenvalue weighted by Crippen LogP contribution is -2.07. The minimum atomic E-state index is -0.143. The maximum atomic E-state index is 11.1. The fraction of sp³-hybridized carbons (Fsp3) is 0.200. The molecule has 6 nitrogen and oxygen atoms in total. The number of nitrogens with zero attached hydrogens (tertiary/aromatic N) is 1. The van der Waals surface area contributed by atoms with Gasteiger partial charge < -0.3 is 19.8 Å². The van der Waals surface area contributed by atoms with E-state index in [0.717, 1.165) is 5.69 Å². The third kappa shape index (κ3) is 3.76. The second-order valence-electron chi connectivity index (χ2n) is 4.33. The molecule has 108 valence electrons. The van der Waals surface area contributed by atoms with Crippen LogP contribution in [0.1, 0.15) is 18.4 Å². The summed E-state index contributed by atoms with van der Waals surface area (Å²) in [6.07, 6.45) is 0. The number of rotatable bonds is 5. The molecule has 0 unspecified atom stereocenters. The Labute approximate surface area is 122 Å². The summed E-state index contributed by atoms with van der Waals surface area (Å²) in [5.41, 5.74) is 1.39. The number of nitrogens with one attached hydrogen (secondary N) is 2. The number of benzene rings is 1. The summed E-state index contributed by atoms with van der Waals surface area (Å²) in [5, 5.41) is 14.6. The van der Waals surface area contributed by atoms with E-state index in [9.17, 15) is 4.79 Å². The highest BCUT2D eigenvalue weighted by Crippen LogP contribution is 2.28. The number of methoxy groups -OCH3 is 1. The van der Waals surface area contributed by atoms with Crippen LogP contribution < -0.4 is 15.4 Å². The Hall–Kier alpha value is -2.94. The number of furan rings is 1. The summed E-state index contributed by atoms with van der Waals surface area (Å²) in [5.74, 6) is 1.41. The Morgan fingerprint density at radius 1 is 1.38 bits per heavy atom. The average molecular weight is 285 g/mol. The van der Waals surface area contributed by atoms with Crippen LogP contribution in [0.15, 0.2) is 34.7 Å². The molecule has 1 aromatic carbocycles. The van der Waals surface area contributed by atoms with Gasteiger partial charge in [-0.05, 0) is 30.3 Å². The van der Waals surface area contributed by atoms with Crippen LogP contribution in [0.3, 0.4) is 0 Å². The van der Waals surface area contributed by atoms with Crippen LogP contribution in [0.4, 0.5) is 11.4 Å². The summed E-state index contributed by atoms with van der Waals surface area (Å²) in [6.45, 7) is 1.85. The van der Waals surface area contributed by atoms with Crippen LogP contribution in [0.5, 0.6) is 5.75 Å². The number of nitriles is 1. The summed E-state index contributed by atoms with van der Waals surface area (Å²) in [6, 6.07) is 10.6. The average Bonchev–Trinajstić information content (AvgIpc) is 2.92. The molecule has 0 bridgehead atoms. The maximum absolute atomic E-state index is 11.1. The fourth-order valence-corrected chi connectivity index (χ4v) is 1.84. The molecule has 6 heteroatoms. The monoisotopic (exact) mass is 285 g/mol. The topological polar surface area (TPSA) is 87.3 Å². The van der Waals surface area contributed by atoms with Gasteiger partial charge in [0.15, 0.2) is 0 Å². The van der Waals surface area contributed by atoms with E-state index in [1.54, 1.807) is 37.4 Å². The van der Waals surface area contributed by atoms with Gasteiger partial charge in [-0.1, -0.05) is 0 Å². The van der Waals surface area contributed by atoms with E-state index in [1.165, 1.54) is 6.92 Å². The minimum Gasteiger partial charge on any atom is -0.495 e. The van der Waals surface area contributed by atoms with Crippen molar-refractivity contribution in [2.45, 2.75) is 13.5 Å².